The molecule has 9 heteroatoms. The molecule has 3 aromatic rings. The molecule has 0 radical (unpaired) electrons. The molecule has 0 atom stereocenters. The molecule has 8 nitrogen and oxygen atoms in total. The highest BCUT2D eigenvalue weighted by Gasteiger charge is 2.16. The number of hydrogen-bond donors (Lipinski definition) is 2. The van der Waals surface area contributed by atoms with Crippen LogP contribution in [0.25, 0.3) is 11.3 Å². The molecule has 3 rings (SSSR count). The van der Waals surface area contributed by atoms with Gasteiger partial charge in [0, 0.05) is 43.4 Å². The van der Waals surface area contributed by atoms with E-state index in [-0.39, 0.29) is 16.6 Å². The SMILES string of the molecule is COCCNC(=O)c1ccc(NC(=O)c2cc(-c3cccnc3)on2)cc1Cl. The largest absolute Gasteiger partial charge is 0.383 e. The van der Waals surface area contributed by atoms with Gasteiger partial charge in [-0.05, 0) is 30.3 Å². The normalized spacial score (nSPS) is 10.5. The molecule has 0 saturated carbocycles. The van der Waals surface area contributed by atoms with Gasteiger partial charge in [0.2, 0.25) is 0 Å². The predicted molar refractivity (Wildman–Crippen MR) is 103 cm³/mol. The zero-order chi connectivity index (χ0) is 19.9. The van der Waals surface area contributed by atoms with Gasteiger partial charge in [-0.25, -0.2) is 0 Å². The molecule has 28 heavy (non-hydrogen) atoms. The molecule has 0 aliphatic heterocycles. The van der Waals surface area contributed by atoms with Gasteiger partial charge in [0.25, 0.3) is 11.8 Å². The first-order valence-corrected chi connectivity index (χ1v) is 8.71. The van der Waals surface area contributed by atoms with Crippen LogP contribution in [0.5, 0.6) is 0 Å². The second-order valence-electron chi connectivity index (χ2n) is 5.72. The van der Waals surface area contributed by atoms with E-state index in [9.17, 15) is 9.59 Å². The highest BCUT2D eigenvalue weighted by Crippen LogP contribution is 2.23. The summed E-state index contributed by atoms with van der Waals surface area (Å²) in [5.74, 6) is -0.357. The molecule has 2 amide bonds. The van der Waals surface area contributed by atoms with E-state index in [1.807, 2.05) is 0 Å². The van der Waals surface area contributed by atoms with Gasteiger partial charge in [-0.2, -0.15) is 0 Å². The fraction of sp³-hybridized carbons (Fsp3) is 0.158. The number of ether oxygens (including phenoxy) is 1. The van der Waals surface area contributed by atoms with Crippen molar-refractivity contribution in [2.45, 2.75) is 0 Å². The second kappa shape index (κ2) is 9.12. The maximum atomic E-state index is 12.4. The zero-order valence-corrected chi connectivity index (χ0v) is 15.7. The molecule has 0 aliphatic rings. The molecule has 0 saturated heterocycles. The maximum absolute atomic E-state index is 12.4. The van der Waals surface area contributed by atoms with Crippen molar-refractivity contribution in [1.82, 2.24) is 15.5 Å². The standard InChI is InChI=1S/C19H17ClN4O4/c1-27-8-7-22-18(25)14-5-4-13(9-15(14)20)23-19(26)16-10-17(28-24-16)12-3-2-6-21-11-12/h2-6,9-11H,7-8H2,1H3,(H,22,25)(H,23,26). The van der Waals surface area contributed by atoms with Gasteiger partial charge in [0.15, 0.2) is 11.5 Å². The van der Waals surface area contributed by atoms with Crippen LogP contribution in [0.1, 0.15) is 20.8 Å². The van der Waals surface area contributed by atoms with Gasteiger partial charge in [0.05, 0.1) is 17.2 Å². The van der Waals surface area contributed by atoms with Gasteiger partial charge in [0.1, 0.15) is 0 Å². The number of halogens is 1. The quantitative estimate of drug-likeness (QED) is 0.590. The average Bonchev–Trinajstić information content (AvgIpc) is 3.19. The number of anilines is 1. The summed E-state index contributed by atoms with van der Waals surface area (Å²) in [6.07, 6.45) is 3.25. The fourth-order valence-electron chi connectivity index (χ4n) is 2.36. The highest BCUT2D eigenvalue weighted by molar-refractivity contribution is 6.34. The van der Waals surface area contributed by atoms with Gasteiger partial charge >= 0.3 is 0 Å². The Morgan fingerprint density at radius 2 is 2.07 bits per heavy atom. The minimum atomic E-state index is -0.466. The Labute approximate surface area is 165 Å². The molecule has 1 aromatic carbocycles. The Morgan fingerprint density at radius 3 is 2.79 bits per heavy atom. The summed E-state index contributed by atoms with van der Waals surface area (Å²) in [5.41, 5.74) is 1.54. The van der Waals surface area contributed by atoms with Crippen molar-refractivity contribution in [2.24, 2.45) is 0 Å². The van der Waals surface area contributed by atoms with Crippen LogP contribution in [0, 0.1) is 0 Å². The summed E-state index contributed by atoms with van der Waals surface area (Å²) in [6, 6.07) is 9.68. The summed E-state index contributed by atoms with van der Waals surface area (Å²) >= 11 is 6.17. The average molecular weight is 401 g/mol. The van der Waals surface area contributed by atoms with Crippen molar-refractivity contribution in [3.05, 3.63) is 65.1 Å². The zero-order valence-electron chi connectivity index (χ0n) is 14.9. The van der Waals surface area contributed by atoms with Crippen LogP contribution in [0.3, 0.4) is 0 Å². The fourth-order valence-corrected chi connectivity index (χ4v) is 2.63. The number of carbonyl (C=O) groups excluding carboxylic acids is 2. The first-order chi connectivity index (χ1) is 13.6. The molecule has 0 spiro atoms. The third-order valence-corrected chi connectivity index (χ3v) is 4.06. The predicted octanol–water partition coefficient (Wildman–Crippen LogP) is 3.02. The molecule has 0 aliphatic carbocycles. The number of nitrogens with one attached hydrogen (secondary N) is 2. The lowest BCUT2D eigenvalue weighted by molar-refractivity contribution is 0.0936. The summed E-state index contributed by atoms with van der Waals surface area (Å²) in [5, 5.41) is 9.34. The third kappa shape index (κ3) is 4.73. The highest BCUT2D eigenvalue weighted by atomic mass is 35.5. The monoisotopic (exact) mass is 400 g/mol. The topological polar surface area (TPSA) is 106 Å². The summed E-state index contributed by atoms with van der Waals surface area (Å²) in [7, 11) is 1.55. The minimum Gasteiger partial charge on any atom is -0.383 e. The van der Waals surface area contributed by atoms with Crippen molar-refractivity contribution in [2.75, 3.05) is 25.6 Å². The minimum absolute atomic E-state index is 0.108. The molecule has 2 heterocycles. The van der Waals surface area contributed by atoms with E-state index in [1.165, 1.54) is 18.2 Å². The summed E-state index contributed by atoms with van der Waals surface area (Å²) < 4.78 is 10.1. The van der Waals surface area contributed by atoms with Gasteiger partial charge < -0.3 is 19.9 Å². The number of amides is 2. The first-order valence-electron chi connectivity index (χ1n) is 8.33. The number of nitrogens with zero attached hydrogens (tertiary/aromatic N) is 2. The van der Waals surface area contributed by atoms with Gasteiger partial charge in [-0.1, -0.05) is 16.8 Å². The van der Waals surface area contributed by atoms with E-state index >= 15 is 0 Å². The van der Waals surface area contributed by atoms with E-state index in [2.05, 4.69) is 20.8 Å². The van der Waals surface area contributed by atoms with E-state index in [0.29, 0.717) is 35.7 Å². The lowest BCUT2D eigenvalue weighted by atomic mass is 10.2. The van der Waals surface area contributed by atoms with Crippen LogP contribution < -0.4 is 10.6 Å². The van der Waals surface area contributed by atoms with Gasteiger partial charge in [-0.3, -0.25) is 14.6 Å². The second-order valence-corrected chi connectivity index (χ2v) is 6.12. The van der Waals surface area contributed by atoms with Crippen LogP contribution in [0.2, 0.25) is 5.02 Å². The van der Waals surface area contributed by atoms with E-state index in [4.69, 9.17) is 20.9 Å². The Morgan fingerprint density at radius 1 is 1.21 bits per heavy atom. The molecular weight excluding hydrogens is 384 g/mol. The number of benzene rings is 1. The smallest absolute Gasteiger partial charge is 0.277 e. The van der Waals surface area contributed by atoms with Crippen LogP contribution in [0.15, 0.2) is 53.3 Å². The van der Waals surface area contributed by atoms with Crippen molar-refractivity contribution >= 4 is 29.1 Å². The van der Waals surface area contributed by atoms with Crippen molar-refractivity contribution < 1.29 is 18.8 Å². The molecule has 2 N–H and O–H groups in total. The number of hydrogen-bond acceptors (Lipinski definition) is 6. The Hall–Kier alpha value is -3.23. The summed E-state index contributed by atoms with van der Waals surface area (Å²) in [6.45, 7) is 0.770. The molecular formula is C19H17ClN4O4. The number of carbonyl (C=O) groups is 2. The van der Waals surface area contributed by atoms with E-state index < -0.39 is 5.91 Å². The van der Waals surface area contributed by atoms with Crippen molar-refractivity contribution in [1.29, 1.82) is 0 Å². The lowest BCUT2D eigenvalue weighted by Gasteiger charge is -2.08. The number of aromatic nitrogens is 2. The van der Waals surface area contributed by atoms with Crippen molar-refractivity contribution in [3.63, 3.8) is 0 Å². The van der Waals surface area contributed by atoms with E-state index in [0.717, 1.165) is 0 Å². The third-order valence-electron chi connectivity index (χ3n) is 3.75. The Bertz CT molecular complexity index is 975. The number of rotatable bonds is 7. The van der Waals surface area contributed by atoms with Crippen LogP contribution >= 0.6 is 11.6 Å². The lowest BCUT2D eigenvalue weighted by Crippen LogP contribution is -2.27. The Kier molecular flexibility index (Phi) is 6.36. The van der Waals surface area contributed by atoms with E-state index in [1.54, 1.807) is 37.7 Å². The van der Waals surface area contributed by atoms with Crippen molar-refractivity contribution in [3.8, 4) is 11.3 Å². The van der Waals surface area contributed by atoms with Gasteiger partial charge in [-0.15, -0.1) is 0 Å². The summed E-state index contributed by atoms with van der Waals surface area (Å²) in [4.78, 5) is 28.4. The van der Waals surface area contributed by atoms with Crippen LogP contribution in [-0.4, -0.2) is 42.2 Å². The molecule has 2 aromatic heterocycles. The molecule has 0 bridgehead atoms. The molecule has 0 unspecified atom stereocenters. The maximum Gasteiger partial charge on any atom is 0.277 e. The van der Waals surface area contributed by atoms with Crippen LogP contribution in [0.4, 0.5) is 5.69 Å². The molecule has 0 fully saturated rings. The Balaban J connectivity index is 1.67. The van der Waals surface area contributed by atoms with Crippen LogP contribution in [-0.2, 0) is 4.74 Å². The first kappa shape index (κ1) is 19.5. The number of pyridine rings is 1. The number of methoxy groups -OCH3 is 1. The molecule has 144 valence electrons.